The molecule has 0 aliphatic heterocycles. The van der Waals surface area contributed by atoms with E-state index >= 15 is 0 Å². The van der Waals surface area contributed by atoms with Crippen LogP contribution in [0.25, 0.3) is 28.0 Å². The number of hydrogen-bond acceptors (Lipinski definition) is 15. The fraction of sp³-hybridized carbons (Fsp3) is 0.200. The van der Waals surface area contributed by atoms with Gasteiger partial charge in [-0.2, -0.15) is 54.4 Å². The van der Waals surface area contributed by atoms with Gasteiger partial charge >= 0.3 is 18.5 Å². The second kappa shape index (κ2) is 31.2. The fourth-order valence-corrected chi connectivity index (χ4v) is 7.51. The quantitative estimate of drug-likeness (QED) is 0.0724. The summed E-state index contributed by atoms with van der Waals surface area (Å²) < 4.78 is 183. The number of sulfonamides is 1. The molecule has 448 valence electrons. The van der Waals surface area contributed by atoms with E-state index in [1.807, 2.05) is 6.92 Å². The van der Waals surface area contributed by atoms with Gasteiger partial charge in [0.25, 0.3) is 5.82 Å². The van der Waals surface area contributed by atoms with E-state index < -0.39 is 76.8 Å². The van der Waals surface area contributed by atoms with Crippen LogP contribution in [0.15, 0.2) is 131 Å². The summed E-state index contributed by atoms with van der Waals surface area (Å²) in [6.45, 7) is 1.26. The maximum absolute atomic E-state index is 13.1. The smallest absolute Gasteiger partial charge is 0.453 e. The molecule has 0 unspecified atom stereocenters. The van der Waals surface area contributed by atoms with E-state index in [2.05, 4.69) is 67.6 Å². The number of aromatic hydroxyl groups is 1. The fourth-order valence-electron chi connectivity index (χ4n) is 6.06. The van der Waals surface area contributed by atoms with E-state index in [0.29, 0.717) is 40.1 Å². The van der Waals surface area contributed by atoms with Crippen molar-refractivity contribution in [2.24, 2.45) is 0 Å². The Kier molecular flexibility index (Phi) is 27.6. The van der Waals surface area contributed by atoms with Crippen LogP contribution in [0.2, 0.25) is 0 Å². The zero-order valence-corrected chi connectivity index (χ0v) is 52.1. The van der Waals surface area contributed by atoms with Crippen LogP contribution in [0.5, 0.6) is 5.88 Å². The van der Waals surface area contributed by atoms with Crippen LogP contribution in [-0.2, 0) is 160 Å². The minimum atomic E-state index is -4.76. The summed E-state index contributed by atoms with van der Waals surface area (Å²) in [5.74, 6) is -1.45. The predicted molar refractivity (Wildman–Crippen MR) is 254 cm³/mol. The van der Waals surface area contributed by atoms with Gasteiger partial charge in [-0.05, 0) is 79.8 Å². The number of pyridine rings is 3. The van der Waals surface area contributed by atoms with E-state index in [1.54, 1.807) is 43.3 Å². The summed E-state index contributed by atoms with van der Waals surface area (Å²) in [5, 5.41) is 23.0. The van der Waals surface area contributed by atoms with Gasteiger partial charge in [0, 0.05) is 96.7 Å². The molecule has 9 rings (SSSR count). The van der Waals surface area contributed by atoms with E-state index in [4.69, 9.17) is 12.6 Å². The number of hydrogen-bond donors (Lipinski definition) is 1. The summed E-state index contributed by atoms with van der Waals surface area (Å²) in [6.07, 6.45) is -11.2. The van der Waals surface area contributed by atoms with Crippen molar-refractivity contribution in [2.75, 3.05) is 0 Å². The molecule has 0 aliphatic carbocycles. The number of nitrogens with zero attached hydrogens (tertiary/aromatic N) is 15. The van der Waals surface area contributed by atoms with Crippen molar-refractivity contribution in [1.82, 2.24) is 69.0 Å². The third-order valence-electron chi connectivity index (χ3n) is 9.54. The largest absolute Gasteiger partial charge is 0.760 e. The molecule has 0 amide bonds. The molecular weight excluding hydrogens is 1800 g/mol. The van der Waals surface area contributed by atoms with E-state index in [-0.39, 0.29) is 124 Å². The molecule has 1 N–H and O–H groups in total. The Balaban J connectivity index is 0.000000376. The molecule has 9 aromatic rings. The number of rotatable bonds is 11. The maximum atomic E-state index is 13.1. The van der Waals surface area contributed by atoms with Gasteiger partial charge in [0.05, 0.1) is 45.9 Å². The molecule has 0 bridgehead atoms. The van der Waals surface area contributed by atoms with E-state index in [0.717, 1.165) is 27.8 Å². The van der Waals surface area contributed by atoms with E-state index in [1.165, 1.54) is 59.3 Å². The Bertz CT molecular complexity index is 3500. The zero-order valence-electron chi connectivity index (χ0n) is 40.9. The summed E-state index contributed by atoms with van der Waals surface area (Å²) in [7, 11) is -4.22. The van der Waals surface area contributed by atoms with Gasteiger partial charge < -0.3 is 39.8 Å². The van der Waals surface area contributed by atoms with Crippen molar-refractivity contribution in [3.63, 3.8) is 0 Å². The Labute approximate surface area is 521 Å². The van der Waals surface area contributed by atoms with Crippen LogP contribution in [0, 0.1) is 6.92 Å². The van der Waals surface area contributed by atoms with Crippen LogP contribution in [0.3, 0.4) is 0 Å². The molecular formula is C45H34F12Ir3N15O3RhS3-3. The standard InChI is InChI=1S/C17H14F3N4O2S.C10H7F4N3S.C10H10FN3O.C8H5F4N5S.3Ir.Rh/c1-2-12-7-6-10-15(21-12)24-16(11-14(22-24)17(18,19)20)23-27(25,26)13-8-4-3-5-9-13;11-5-6-2-1-3-8(15-6)17-9(18)4-7(16-17)10(12,13)14;1-7-5-10(15)14(13-7)9-4-2-3-8(6-11)12-9;9-1-4-2-13-3-5(14-4)17-7(18)15-6(16-17)8(10,11)12;;;;/h3-11H,2H2,1H3;1-4,18H,5H2;2-5,15H,6H2,1H3;2-3H,1H2,(H,15,16,18);;;;/q-1;;;;;;;/p-2. The third-order valence-corrected chi connectivity index (χ3v) is 11.4. The van der Waals surface area contributed by atoms with Crippen LogP contribution in [-0.4, -0.2) is 82.6 Å². The second-order valence-electron chi connectivity index (χ2n) is 15.2. The van der Waals surface area contributed by atoms with Crippen molar-refractivity contribution in [3.05, 3.63) is 166 Å². The second-order valence-corrected chi connectivity index (χ2v) is 17.6. The molecule has 1 aromatic carbocycles. The van der Waals surface area contributed by atoms with Gasteiger partial charge in [-0.25, -0.2) is 56.0 Å². The molecule has 18 nitrogen and oxygen atoms in total. The van der Waals surface area contributed by atoms with Crippen molar-refractivity contribution in [3.8, 4) is 29.2 Å². The number of benzene rings is 1. The Morgan fingerprint density at radius 2 is 1.04 bits per heavy atom. The molecule has 4 radical (unpaired) electrons. The Morgan fingerprint density at radius 1 is 0.549 bits per heavy atom. The summed E-state index contributed by atoms with van der Waals surface area (Å²) in [5.41, 5.74) is -0.668. The van der Waals surface area contributed by atoms with Gasteiger partial charge in [0.1, 0.15) is 25.7 Å². The van der Waals surface area contributed by atoms with Gasteiger partial charge in [-0.3, -0.25) is 9.97 Å². The molecule has 82 heavy (non-hydrogen) atoms. The molecule has 0 atom stereocenters. The SMILES string of the molecule is CCc1cccc(-n2nc(C(F)(F)F)cc2[N-]S(=O)(=O)c2ccccc2)n1.Cc1cc(O)n(-c2cccc(CF)n2)n1.FCc1cccc(-n2nc(C(F)(F)F)cc2[S-])n1.FCc1cncc(-n2nc(C(F)(F)F)nc2[S-])n1.[Ir].[Ir].[Ir].[Rh]. The van der Waals surface area contributed by atoms with Crippen molar-refractivity contribution >= 4 is 41.1 Å². The van der Waals surface area contributed by atoms with Crippen molar-refractivity contribution < 1.29 is 146 Å². The monoisotopic (exact) mass is 1840 g/mol. The van der Waals surface area contributed by atoms with Crippen LogP contribution in [0.4, 0.5) is 58.5 Å². The summed E-state index contributed by atoms with van der Waals surface area (Å²) in [4.78, 5) is 22.3. The molecule has 37 heteroatoms. The number of aryl methyl sites for hydroxylation is 2. The summed E-state index contributed by atoms with van der Waals surface area (Å²) >= 11 is 9.40. The third kappa shape index (κ3) is 19.4. The first-order chi connectivity index (χ1) is 36.7. The molecule has 0 fully saturated rings. The Hall–Kier alpha value is -5.76. The minimum absolute atomic E-state index is 0. The average Bonchev–Trinajstić information content (AvgIpc) is 4.22. The van der Waals surface area contributed by atoms with Crippen molar-refractivity contribution in [1.29, 1.82) is 0 Å². The molecule has 8 aromatic heterocycles. The molecule has 0 saturated carbocycles. The molecule has 0 spiro atoms. The Morgan fingerprint density at radius 3 is 1.51 bits per heavy atom. The molecule has 0 aliphatic rings. The van der Waals surface area contributed by atoms with Gasteiger partial charge in [0.15, 0.2) is 23.1 Å². The molecule has 8 heterocycles. The van der Waals surface area contributed by atoms with Gasteiger partial charge in [-0.1, -0.05) is 48.3 Å². The van der Waals surface area contributed by atoms with Crippen LogP contribution >= 0.6 is 0 Å². The predicted octanol–water partition coefficient (Wildman–Crippen LogP) is 10.1. The average molecular weight is 1840 g/mol. The number of alkyl halides is 12. The number of aromatic nitrogens is 14. The first kappa shape index (κ1) is 72.3. The van der Waals surface area contributed by atoms with E-state index in [9.17, 15) is 66.2 Å². The topological polar surface area (TPSA) is 217 Å². The maximum Gasteiger partial charge on any atom is 0.453 e. The molecule has 0 saturated heterocycles. The summed E-state index contributed by atoms with van der Waals surface area (Å²) in [6, 6.07) is 24.0. The minimum Gasteiger partial charge on any atom is -0.760 e. The zero-order chi connectivity index (χ0) is 57.2. The van der Waals surface area contributed by atoms with Crippen LogP contribution in [0.1, 0.15) is 52.6 Å². The van der Waals surface area contributed by atoms with Crippen molar-refractivity contribution in [2.45, 2.75) is 73.9 Å². The first-order valence-electron chi connectivity index (χ1n) is 21.6. The van der Waals surface area contributed by atoms with Gasteiger partial charge in [0.2, 0.25) is 15.9 Å². The van der Waals surface area contributed by atoms with Gasteiger partial charge in [-0.15, -0.1) is 5.10 Å². The normalized spacial score (nSPS) is 11.1. The first-order valence-corrected chi connectivity index (χ1v) is 23.9. The van der Waals surface area contributed by atoms with Crippen LogP contribution < -0.4 is 0 Å². The number of halogens is 12.